The lowest BCUT2D eigenvalue weighted by Gasteiger charge is -2.27. The van der Waals surface area contributed by atoms with Crippen LogP contribution in [0, 0.1) is 0 Å². The van der Waals surface area contributed by atoms with E-state index in [2.05, 4.69) is 0 Å². The fourth-order valence-corrected chi connectivity index (χ4v) is 3.08. The number of nitrogens with zero attached hydrogens (tertiary/aromatic N) is 2. The molecule has 0 unspecified atom stereocenters. The van der Waals surface area contributed by atoms with Crippen molar-refractivity contribution in [2.45, 2.75) is 37.3 Å². The van der Waals surface area contributed by atoms with Gasteiger partial charge in [0.05, 0.1) is 6.04 Å². The smallest absolute Gasteiger partial charge is 0.371 e. The molecule has 3 N–H and O–H groups in total. The molecule has 4 atom stereocenters. The Balaban J connectivity index is 1.90. The number of hydrogen-bond acceptors (Lipinski definition) is 5. The highest BCUT2D eigenvalue weighted by molar-refractivity contribution is 5.84. The normalized spacial score (nSPS) is 30.0. The number of pyridine rings is 1. The van der Waals surface area contributed by atoms with E-state index in [-0.39, 0.29) is 11.9 Å². The van der Waals surface area contributed by atoms with E-state index in [0.717, 1.165) is 11.6 Å². The van der Waals surface area contributed by atoms with Gasteiger partial charge in [0.15, 0.2) is 18.5 Å². The molecule has 8 heteroatoms. The number of aromatic nitrogens is 1. The van der Waals surface area contributed by atoms with Gasteiger partial charge in [0.25, 0.3) is 0 Å². The molecule has 0 saturated carbocycles. The SMILES string of the molecule is CN1C(=O)CC[C@@H]1c1ccc[n+]([C@@H]2OC(C(=O)O)=C[C@H](O)[C@H]2O)c1. The molecule has 2 aliphatic rings. The molecule has 0 aliphatic carbocycles. The van der Waals surface area contributed by atoms with Gasteiger partial charge in [-0.25, -0.2) is 4.79 Å². The van der Waals surface area contributed by atoms with E-state index in [4.69, 9.17) is 9.84 Å². The number of likely N-dealkylation sites (tertiary alicyclic amines) is 1. The van der Waals surface area contributed by atoms with Gasteiger partial charge >= 0.3 is 12.2 Å². The van der Waals surface area contributed by atoms with Crippen LogP contribution in [-0.4, -0.2) is 51.4 Å². The molecule has 128 valence electrons. The molecule has 1 amide bonds. The molecule has 1 saturated heterocycles. The summed E-state index contributed by atoms with van der Waals surface area (Å²) in [6.45, 7) is 0. The maximum atomic E-state index is 11.7. The van der Waals surface area contributed by atoms with Crippen LogP contribution in [0.4, 0.5) is 0 Å². The number of carbonyl (C=O) groups is 2. The first-order chi connectivity index (χ1) is 11.4. The van der Waals surface area contributed by atoms with Crippen molar-refractivity contribution in [2.24, 2.45) is 0 Å². The number of carboxylic acids is 1. The Morgan fingerprint density at radius 1 is 1.42 bits per heavy atom. The van der Waals surface area contributed by atoms with E-state index in [0.29, 0.717) is 12.8 Å². The zero-order valence-electron chi connectivity index (χ0n) is 13.1. The second kappa shape index (κ2) is 6.21. The van der Waals surface area contributed by atoms with E-state index in [9.17, 15) is 19.8 Å². The van der Waals surface area contributed by atoms with Gasteiger partial charge in [0.1, 0.15) is 6.10 Å². The van der Waals surface area contributed by atoms with Gasteiger partial charge in [-0.15, -0.1) is 0 Å². The molecule has 0 aromatic carbocycles. The molecule has 1 aromatic heterocycles. The van der Waals surface area contributed by atoms with Gasteiger partial charge in [-0.3, -0.25) is 4.79 Å². The predicted molar refractivity (Wildman–Crippen MR) is 79.2 cm³/mol. The van der Waals surface area contributed by atoms with Crippen LogP contribution in [0.15, 0.2) is 36.4 Å². The second-order valence-electron chi connectivity index (χ2n) is 5.97. The lowest BCUT2D eigenvalue weighted by atomic mass is 10.1. The molecular weight excluding hydrogens is 316 g/mol. The summed E-state index contributed by atoms with van der Waals surface area (Å²) in [6.07, 6.45) is 1.73. The van der Waals surface area contributed by atoms with Crippen molar-refractivity contribution in [3.05, 3.63) is 41.9 Å². The predicted octanol–water partition coefficient (Wildman–Crippen LogP) is -0.514. The molecule has 3 heterocycles. The monoisotopic (exact) mass is 335 g/mol. The van der Waals surface area contributed by atoms with E-state index < -0.39 is 30.2 Å². The van der Waals surface area contributed by atoms with Crippen molar-refractivity contribution in [1.29, 1.82) is 0 Å². The minimum absolute atomic E-state index is 0.0656. The van der Waals surface area contributed by atoms with Crippen LogP contribution < -0.4 is 4.57 Å². The number of carbonyl (C=O) groups excluding carboxylic acids is 1. The Bertz CT molecular complexity index is 704. The van der Waals surface area contributed by atoms with Gasteiger partial charge in [-0.2, -0.15) is 4.57 Å². The average molecular weight is 335 g/mol. The summed E-state index contributed by atoms with van der Waals surface area (Å²) < 4.78 is 6.83. The minimum atomic E-state index is -1.35. The molecule has 0 bridgehead atoms. The first kappa shape index (κ1) is 16.4. The van der Waals surface area contributed by atoms with E-state index in [1.807, 2.05) is 6.07 Å². The van der Waals surface area contributed by atoms with E-state index in [1.165, 1.54) is 4.57 Å². The van der Waals surface area contributed by atoms with Crippen LogP contribution in [0.1, 0.15) is 30.7 Å². The number of ether oxygens (including phenoxy) is 1. The molecule has 8 nitrogen and oxygen atoms in total. The fourth-order valence-electron chi connectivity index (χ4n) is 3.08. The van der Waals surface area contributed by atoms with Crippen molar-refractivity contribution in [2.75, 3.05) is 7.05 Å². The average Bonchev–Trinajstić information content (AvgIpc) is 2.89. The number of amides is 1. The van der Waals surface area contributed by atoms with Gasteiger partial charge < -0.3 is 25.0 Å². The Hall–Kier alpha value is -2.45. The standard InChI is InChI=1S/C16H18N2O6/c1-17-10(4-5-13(17)20)9-3-2-6-18(8-9)15-14(21)11(19)7-12(24-15)16(22)23/h2-3,6-8,10-11,14-15,19,21H,4-5H2,1H3/p+1/t10-,11+,14-,15-/m1/s1. The van der Waals surface area contributed by atoms with Crippen LogP contribution in [0.5, 0.6) is 0 Å². The first-order valence-corrected chi connectivity index (χ1v) is 7.62. The summed E-state index contributed by atoms with van der Waals surface area (Å²) in [7, 11) is 1.73. The maximum Gasteiger partial charge on any atom is 0.371 e. The number of aliphatic carboxylic acids is 1. The van der Waals surface area contributed by atoms with Crippen LogP contribution in [0.25, 0.3) is 0 Å². The molecule has 0 radical (unpaired) electrons. The van der Waals surface area contributed by atoms with Crippen molar-refractivity contribution in [1.82, 2.24) is 4.90 Å². The van der Waals surface area contributed by atoms with Crippen LogP contribution in [0.3, 0.4) is 0 Å². The molecular formula is C16H19N2O6+. The number of aliphatic hydroxyl groups is 2. The summed E-state index contributed by atoms with van der Waals surface area (Å²) in [5, 5.41) is 29.1. The number of aliphatic hydroxyl groups excluding tert-OH is 2. The second-order valence-corrected chi connectivity index (χ2v) is 5.97. The largest absolute Gasteiger partial charge is 0.475 e. The van der Waals surface area contributed by atoms with Crippen molar-refractivity contribution < 1.29 is 34.2 Å². The Morgan fingerprint density at radius 3 is 2.79 bits per heavy atom. The Morgan fingerprint density at radius 2 is 2.17 bits per heavy atom. The zero-order chi connectivity index (χ0) is 17.4. The third kappa shape index (κ3) is 2.85. The van der Waals surface area contributed by atoms with E-state index >= 15 is 0 Å². The minimum Gasteiger partial charge on any atom is -0.475 e. The van der Waals surface area contributed by atoms with Gasteiger partial charge in [-0.05, 0) is 18.6 Å². The van der Waals surface area contributed by atoms with Gasteiger partial charge in [0.2, 0.25) is 11.7 Å². The maximum absolute atomic E-state index is 11.7. The summed E-state index contributed by atoms with van der Waals surface area (Å²) >= 11 is 0. The topological polar surface area (TPSA) is 111 Å². The highest BCUT2D eigenvalue weighted by atomic mass is 16.5. The highest BCUT2D eigenvalue weighted by Crippen LogP contribution is 2.31. The van der Waals surface area contributed by atoms with Crippen molar-refractivity contribution in [3.8, 4) is 0 Å². The Kier molecular flexibility index (Phi) is 4.25. The lowest BCUT2D eigenvalue weighted by molar-refractivity contribution is -0.769. The summed E-state index contributed by atoms with van der Waals surface area (Å²) in [5.41, 5.74) is 0.850. The van der Waals surface area contributed by atoms with Gasteiger partial charge in [0, 0.05) is 25.1 Å². The quantitative estimate of drug-likeness (QED) is 0.642. The number of hydrogen-bond donors (Lipinski definition) is 3. The fraction of sp³-hybridized carbons (Fsp3) is 0.438. The van der Waals surface area contributed by atoms with E-state index in [1.54, 1.807) is 30.4 Å². The summed E-state index contributed by atoms with van der Waals surface area (Å²) in [5.74, 6) is -1.66. The van der Waals surface area contributed by atoms with Crippen molar-refractivity contribution in [3.63, 3.8) is 0 Å². The van der Waals surface area contributed by atoms with Crippen LogP contribution >= 0.6 is 0 Å². The highest BCUT2D eigenvalue weighted by Gasteiger charge is 2.41. The third-order valence-corrected chi connectivity index (χ3v) is 4.44. The third-order valence-electron chi connectivity index (χ3n) is 4.44. The van der Waals surface area contributed by atoms with Crippen LogP contribution in [0.2, 0.25) is 0 Å². The molecule has 0 spiro atoms. The molecule has 2 aliphatic heterocycles. The summed E-state index contributed by atoms with van der Waals surface area (Å²) in [4.78, 5) is 24.5. The molecule has 1 aromatic rings. The molecule has 1 fully saturated rings. The zero-order valence-corrected chi connectivity index (χ0v) is 13.1. The summed E-state index contributed by atoms with van der Waals surface area (Å²) in [6, 6.07) is 3.51. The first-order valence-electron chi connectivity index (χ1n) is 7.62. The molecule has 3 rings (SSSR count). The number of carboxylic acid groups (broad SMARTS) is 1. The van der Waals surface area contributed by atoms with Crippen molar-refractivity contribution >= 4 is 11.9 Å². The van der Waals surface area contributed by atoms with Gasteiger partial charge in [-0.1, -0.05) is 0 Å². The van der Waals surface area contributed by atoms with Crippen LogP contribution in [-0.2, 0) is 14.3 Å². The Labute approximate surface area is 138 Å². The molecule has 24 heavy (non-hydrogen) atoms. The number of rotatable bonds is 3. The lowest BCUT2D eigenvalue weighted by Crippen LogP contribution is -2.53.